The molecule has 4 heteroatoms. The molecule has 3 nitrogen and oxygen atoms in total. The number of ketones is 1. The zero-order valence-electron chi connectivity index (χ0n) is 11.3. The number of imidazole rings is 1. The second kappa shape index (κ2) is 5.57. The molecule has 1 unspecified atom stereocenters. The summed E-state index contributed by atoms with van der Waals surface area (Å²) in [5.41, 5.74) is 0.667. The maximum Gasteiger partial charge on any atom is 0.185 e. The third kappa shape index (κ3) is 2.87. The highest BCUT2D eigenvalue weighted by Gasteiger charge is 2.20. The molecule has 0 amide bonds. The molecule has 0 fully saturated rings. The smallest absolute Gasteiger partial charge is 0.185 e. The number of nitrogens with zero attached hydrogens (tertiary/aromatic N) is 2. The molecule has 0 saturated heterocycles. The Kier molecular flexibility index (Phi) is 4.05. The van der Waals surface area contributed by atoms with Crippen molar-refractivity contribution < 1.29 is 4.79 Å². The van der Waals surface area contributed by atoms with E-state index in [0.717, 1.165) is 5.82 Å². The van der Waals surface area contributed by atoms with E-state index in [0.29, 0.717) is 10.6 Å². The van der Waals surface area contributed by atoms with Gasteiger partial charge in [-0.1, -0.05) is 25.4 Å². The van der Waals surface area contributed by atoms with Crippen LogP contribution in [0.3, 0.4) is 0 Å². The molecule has 0 N–H and O–H groups in total. The minimum Gasteiger partial charge on any atom is -0.324 e. The van der Waals surface area contributed by atoms with Crippen LogP contribution >= 0.6 is 11.6 Å². The average molecular weight is 277 g/mol. The van der Waals surface area contributed by atoms with Crippen molar-refractivity contribution in [3.63, 3.8) is 0 Å². The zero-order chi connectivity index (χ0) is 14.0. The van der Waals surface area contributed by atoms with Crippen molar-refractivity contribution in [2.24, 2.45) is 0 Å². The third-order valence-electron chi connectivity index (χ3n) is 3.14. The topological polar surface area (TPSA) is 34.9 Å². The Morgan fingerprint density at radius 3 is 2.42 bits per heavy atom. The lowest BCUT2D eigenvalue weighted by Crippen LogP contribution is -2.18. The molecule has 0 radical (unpaired) electrons. The molecule has 0 bridgehead atoms. The fourth-order valence-electron chi connectivity index (χ4n) is 2.08. The van der Waals surface area contributed by atoms with Gasteiger partial charge >= 0.3 is 0 Å². The lowest BCUT2D eigenvalue weighted by atomic mass is 10.0. The minimum atomic E-state index is -0.263. The highest BCUT2D eigenvalue weighted by atomic mass is 35.5. The number of hydrogen-bond acceptors (Lipinski definition) is 2. The zero-order valence-corrected chi connectivity index (χ0v) is 12.1. The van der Waals surface area contributed by atoms with E-state index in [9.17, 15) is 4.79 Å². The highest BCUT2D eigenvalue weighted by Crippen LogP contribution is 2.21. The van der Waals surface area contributed by atoms with Gasteiger partial charge < -0.3 is 4.57 Å². The first-order valence-electron chi connectivity index (χ1n) is 6.33. The molecule has 19 heavy (non-hydrogen) atoms. The molecule has 1 atom stereocenters. The summed E-state index contributed by atoms with van der Waals surface area (Å²) in [7, 11) is 0. The van der Waals surface area contributed by atoms with Crippen LogP contribution in [0.1, 0.15) is 48.9 Å². The fraction of sp³-hybridized carbons (Fsp3) is 0.333. The van der Waals surface area contributed by atoms with Gasteiger partial charge in [-0.25, -0.2) is 4.98 Å². The molecule has 100 valence electrons. The second-order valence-corrected chi connectivity index (χ2v) is 5.33. The molecule has 1 aromatic heterocycles. The van der Waals surface area contributed by atoms with Crippen LogP contribution in [0.4, 0.5) is 0 Å². The number of benzene rings is 1. The Bertz CT molecular complexity index is 572. The summed E-state index contributed by atoms with van der Waals surface area (Å²) in [5, 5.41) is 0.634. The second-order valence-electron chi connectivity index (χ2n) is 4.89. The predicted octanol–water partition coefficient (Wildman–Crippen LogP) is 4.10. The first kappa shape index (κ1) is 13.8. The van der Waals surface area contributed by atoms with Crippen molar-refractivity contribution >= 4 is 17.4 Å². The highest BCUT2D eigenvalue weighted by molar-refractivity contribution is 6.30. The molecule has 0 aliphatic carbocycles. The molecule has 0 aliphatic rings. The Balaban J connectivity index is 2.28. The van der Waals surface area contributed by atoms with E-state index in [-0.39, 0.29) is 17.7 Å². The molecule has 1 heterocycles. The van der Waals surface area contributed by atoms with Gasteiger partial charge in [-0.15, -0.1) is 0 Å². The van der Waals surface area contributed by atoms with Gasteiger partial charge in [-0.05, 0) is 31.2 Å². The van der Waals surface area contributed by atoms with E-state index in [1.807, 2.05) is 17.7 Å². The van der Waals surface area contributed by atoms with Crippen LogP contribution < -0.4 is 0 Å². The van der Waals surface area contributed by atoms with Crippen LogP contribution in [-0.2, 0) is 0 Å². The first-order chi connectivity index (χ1) is 9.00. The van der Waals surface area contributed by atoms with Crippen LogP contribution in [0.2, 0.25) is 5.02 Å². The summed E-state index contributed by atoms with van der Waals surface area (Å²) < 4.78 is 1.93. The quantitative estimate of drug-likeness (QED) is 0.788. The van der Waals surface area contributed by atoms with Gasteiger partial charge in [0.05, 0.1) is 6.04 Å². The van der Waals surface area contributed by atoms with Crippen molar-refractivity contribution in [1.29, 1.82) is 0 Å². The summed E-state index contributed by atoms with van der Waals surface area (Å²) >= 11 is 5.84. The Hall–Kier alpha value is -1.61. The average Bonchev–Trinajstić information content (AvgIpc) is 2.87. The van der Waals surface area contributed by atoms with Gasteiger partial charge in [0.15, 0.2) is 5.78 Å². The molecule has 1 aromatic carbocycles. The van der Waals surface area contributed by atoms with Crippen molar-refractivity contribution in [2.75, 3.05) is 0 Å². The first-order valence-corrected chi connectivity index (χ1v) is 6.71. The van der Waals surface area contributed by atoms with Gasteiger partial charge in [0, 0.05) is 28.9 Å². The number of aromatic nitrogens is 2. The van der Waals surface area contributed by atoms with E-state index in [2.05, 4.69) is 18.8 Å². The van der Waals surface area contributed by atoms with E-state index >= 15 is 0 Å². The molecule has 0 spiro atoms. The summed E-state index contributed by atoms with van der Waals surface area (Å²) in [5.74, 6) is 1.28. The summed E-state index contributed by atoms with van der Waals surface area (Å²) in [4.78, 5) is 16.8. The Labute approximate surface area is 118 Å². The molecule has 0 saturated carbocycles. The standard InChI is InChI=1S/C15H17ClN2O/c1-10(2)15-17-8-9-18(15)11(3)14(19)12-4-6-13(16)7-5-12/h4-11H,1-3H3. The Morgan fingerprint density at radius 1 is 1.21 bits per heavy atom. The maximum atomic E-state index is 12.4. The van der Waals surface area contributed by atoms with Crippen LogP contribution in [0, 0.1) is 0 Å². The van der Waals surface area contributed by atoms with Gasteiger partial charge in [-0.3, -0.25) is 4.79 Å². The van der Waals surface area contributed by atoms with Crippen molar-refractivity contribution in [3.8, 4) is 0 Å². The van der Waals surface area contributed by atoms with E-state index < -0.39 is 0 Å². The summed E-state index contributed by atoms with van der Waals surface area (Å²) in [6, 6.07) is 6.72. The number of halogens is 1. The predicted molar refractivity (Wildman–Crippen MR) is 76.8 cm³/mol. The summed E-state index contributed by atoms with van der Waals surface area (Å²) in [6.45, 7) is 6.03. The maximum absolute atomic E-state index is 12.4. The van der Waals surface area contributed by atoms with Gasteiger partial charge in [0.2, 0.25) is 0 Å². The number of carbonyl (C=O) groups excluding carboxylic acids is 1. The van der Waals surface area contributed by atoms with Crippen LogP contribution in [0.15, 0.2) is 36.7 Å². The van der Waals surface area contributed by atoms with Crippen LogP contribution in [-0.4, -0.2) is 15.3 Å². The third-order valence-corrected chi connectivity index (χ3v) is 3.39. The fourth-order valence-corrected chi connectivity index (χ4v) is 2.21. The number of rotatable bonds is 4. The number of hydrogen-bond donors (Lipinski definition) is 0. The van der Waals surface area contributed by atoms with E-state index in [1.54, 1.807) is 30.5 Å². The van der Waals surface area contributed by atoms with Crippen LogP contribution in [0.5, 0.6) is 0 Å². The molecule has 2 rings (SSSR count). The number of Topliss-reactive ketones (excluding diaryl/α,β-unsaturated/α-hetero) is 1. The van der Waals surface area contributed by atoms with Gasteiger partial charge in [-0.2, -0.15) is 0 Å². The summed E-state index contributed by atoms with van der Waals surface area (Å²) in [6.07, 6.45) is 3.59. The van der Waals surface area contributed by atoms with Crippen molar-refractivity contribution in [1.82, 2.24) is 9.55 Å². The lowest BCUT2D eigenvalue weighted by molar-refractivity contribution is 0.0933. The minimum absolute atomic E-state index is 0.0663. The van der Waals surface area contributed by atoms with E-state index in [1.165, 1.54) is 0 Å². The number of carbonyl (C=O) groups is 1. The van der Waals surface area contributed by atoms with E-state index in [4.69, 9.17) is 11.6 Å². The van der Waals surface area contributed by atoms with Crippen molar-refractivity contribution in [2.45, 2.75) is 32.7 Å². The molecular formula is C15H17ClN2O. The normalized spacial score (nSPS) is 12.7. The molecule has 0 aliphatic heterocycles. The largest absolute Gasteiger partial charge is 0.324 e. The van der Waals surface area contributed by atoms with Gasteiger partial charge in [0.1, 0.15) is 5.82 Å². The van der Waals surface area contributed by atoms with Gasteiger partial charge in [0.25, 0.3) is 0 Å². The monoisotopic (exact) mass is 276 g/mol. The SMILES string of the molecule is CC(C)c1nccn1C(C)C(=O)c1ccc(Cl)cc1. The van der Waals surface area contributed by atoms with Crippen molar-refractivity contribution in [3.05, 3.63) is 53.1 Å². The lowest BCUT2D eigenvalue weighted by Gasteiger charge is -2.17. The Morgan fingerprint density at radius 2 is 1.84 bits per heavy atom. The molecule has 2 aromatic rings. The molecular weight excluding hydrogens is 260 g/mol. The van der Waals surface area contributed by atoms with Crippen LogP contribution in [0.25, 0.3) is 0 Å².